The van der Waals surface area contributed by atoms with Crippen LogP contribution in [0.4, 0.5) is 10.5 Å². The first kappa shape index (κ1) is 14.2. The first-order valence-corrected chi connectivity index (χ1v) is 8.03. The highest BCUT2D eigenvalue weighted by atomic mass is 16.5. The molecule has 2 aliphatic rings. The third kappa shape index (κ3) is 3.14. The summed E-state index contributed by atoms with van der Waals surface area (Å²) in [5, 5.41) is 3.21. The number of nitrogens with one attached hydrogen (secondary N) is 1. The van der Waals surface area contributed by atoms with Crippen LogP contribution < -0.4 is 15.0 Å². The zero-order valence-corrected chi connectivity index (χ0v) is 12.7. The van der Waals surface area contributed by atoms with E-state index >= 15 is 0 Å². The molecule has 2 amide bonds. The van der Waals surface area contributed by atoms with Crippen LogP contribution >= 0.6 is 0 Å². The number of hydrogen-bond acceptors (Lipinski definition) is 2. The van der Waals surface area contributed by atoms with Crippen molar-refractivity contribution in [3.8, 4) is 5.75 Å². The van der Waals surface area contributed by atoms with Crippen LogP contribution in [-0.4, -0.2) is 25.7 Å². The van der Waals surface area contributed by atoms with Crippen LogP contribution in [0.3, 0.4) is 0 Å². The van der Waals surface area contributed by atoms with Crippen LogP contribution in [0.25, 0.3) is 0 Å². The lowest BCUT2D eigenvalue weighted by molar-refractivity contribution is 0.237. The summed E-state index contributed by atoms with van der Waals surface area (Å²) in [6.07, 6.45) is 8.06. The number of amides is 2. The highest BCUT2D eigenvalue weighted by Gasteiger charge is 2.25. The average Bonchev–Trinajstić information content (AvgIpc) is 2.54. The van der Waals surface area contributed by atoms with E-state index in [1.54, 1.807) is 7.11 Å². The third-order valence-corrected chi connectivity index (χ3v) is 4.59. The summed E-state index contributed by atoms with van der Waals surface area (Å²) in [6.45, 7) is 0.790. The predicted molar refractivity (Wildman–Crippen MR) is 84.1 cm³/mol. The van der Waals surface area contributed by atoms with E-state index in [0.717, 1.165) is 43.7 Å². The lowest BCUT2D eigenvalue weighted by Gasteiger charge is -2.32. The van der Waals surface area contributed by atoms with Crippen molar-refractivity contribution >= 4 is 11.7 Å². The van der Waals surface area contributed by atoms with Gasteiger partial charge in [0.15, 0.2) is 0 Å². The van der Waals surface area contributed by atoms with Crippen LogP contribution in [-0.2, 0) is 6.42 Å². The van der Waals surface area contributed by atoms with E-state index in [1.807, 2.05) is 17.0 Å². The molecule has 1 aromatic rings. The fourth-order valence-corrected chi connectivity index (χ4v) is 3.39. The number of carbonyl (C=O) groups excluding carboxylic acids is 1. The number of nitrogens with zero attached hydrogens (tertiary/aromatic N) is 1. The Morgan fingerprint density at radius 3 is 2.81 bits per heavy atom. The van der Waals surface area contributed by atoms with Crippen molar-refractivity contribution in [3.05, 3.63) is 23.8 Å². The first-order valence-electron chi connectivity index (χ1n) is 8.03. The predicted octanol–water partition coefficient (Wildman–Crippen LogP) is 3.49. The number of benzene rings is 1. The Bertz CT molecular complexity index is 510. The maximum atomic E-state index is 12.6. The molecule has 4 nitrogen and oxygen atoms in total. The van der Waals surface area contributed by atoms with Crippen molar-refractivity contribution in [1.29, 1.82) is 0 Å². The van der Waals surface area contributed by atoms with Crippen molar-refractivity contribution in [2.75, 3.05) is 18.6 Å². The lowest BCUT2D eigenvalue weighted by Crippen LogP contribution is -2.47. The molecule has 4 heteroatoms. The minimum Gasteiger partial charge on any atom is -0.497 e. The Balaban J connectivity index is 1.75. The molecule has 0 saturated heterocycles. The molecule has 0 spiro atoms. The van der Waals surface area contributed by atoms with Gasteiger partial charge in [0.05, 0.1) is 12.8 Å². The van der Waals surface area contributed by atoms with E-state index in [-0.39, 0.29) is 6.03 Å². The van der Waals surface area contributed by atoms with Crippen LogP contribution in [0.5, 0.6) is 5.75 Å². The first-order chi connectivity index (χ1) is 10.3. The van der Waals surface area contributed by atoms with Gasteiger partial charge in [-0.15, -0.1) is 0 Å². The second-order valence-corrected chi connectivity index (χ2v) is 6.03. The lowest BCUT2D eigenvalue weighted by atomic mass is 9.95. The van der Waals surface area contributed by atoms with Crippen molar-refractivity contribution < 1.29 is 9.53 Å². The van der Waals surface area contributed by atoms with Crippen molar-refractivity contribution in [3.63, 3.8) is 0 Å². The van der Waals surface area contributed by atoms with Crippen molar-refractivity contribution in [1.82, 2.24) is 5.32 Å². The van der Waals surface area contributed by atoms with E-state index in [0.29, 0.717) is 6.04 Å². The number of fused-ring (bicyclic) bond motifs is 1. The SMILES string of the molecule is COc1ccc2c(c1)N(C(=O)NC1CCCCC1)CCC2. The monoisotopic (exact) mass is 288 g/mol. The van der Waals surface area contributed by atoms with Gasteiger partial charge in [-0.2, -0.15) is 0 Å². The van der Waals surface area contributed by atoms with Crippen molar-refractivity contribution in [2.45, 2.75) is 51.0 Å². The Hall–Kier alpha value is -1.71. The Kier molecular flexibility index (Phi) is 4.32. The summed E-state index contributed by atoms with van der Waals surface area (Å²) in [6, 6.07) is 6.43. The molecule has 0 bridgehead atoms. The molecule has 114 valence electrons. The molecule has 21 heavy (non-hydrogen) atoms. The summed E-state index contributed by atoms with van der Waals surface area (Å²) >= 11 is 0. The number of carbonyl (C=O) groups is 1. The summed E-state index contributed by atoms with van der Waals surface area (Å²) in [5.74, 6) is 0.811. The average molecular weight is 288 g/mol. The van der Waals surface area contributed by atoms with Crippen LogP contribution in [0.2, 0.25) is 0 Å². The van der Waals surface area contributed by atoms with Gasteiger partial charge in [0.2, 0.25) is 0 Å². The molecule has 3 rings (SSSR count). The van der Waals surface area contributed by atoms with Gasteiger partial charge in [-0.3, -0.25) is 4.90 Å². The number of methoxy groups -OCH3 is 1. The largest absolute Gasteiger partial charge is 0.497 e. The maximum absolute atomic E-state index is 12.6. The number of urea groups is 1. The topological polar surface area (TPSA) is 41.6 Å². The van der Waals surface area contributed by atoms with Gasteiger partial charge in [0.1, 0.15) is 5.75 Å². The van der Waals surface area contributed by atoms with Crippen molar-refractivity contribution in [2.24, 2.45) is 0 Å². The van der Waals surface area contributed by atoms with E-state index in [1.165, 1.54) is 24.8 Å². The van der Waals surface area contributed by atoms with Crippen LogP contribution in [0, 0.1) is 0 Å². The summed E-state index contributed by atoms with van der Waals surface area (Å²) in [7, 11) is 1.66. The fraction of sp³-hybridized carbons (Fsp3) is 0.588. The number of aryl methyl sites for hydroxylation is 1. The fourth-order valence-electron chi connectivity index (χ4n) is 3.39. The number of ether oxygens (including phenoxy) is 1. The van der Waals surface area contributed by atoms with Gasteiger partial charge in [-0.1, -0.05) is 25.3 Å². The molecule has 1 aromatic carbocycles. The van der Waals surface area contributed by atoms with Crippen LogP contribution in [0.1, 0.15) is 44.1 Å². The second-order valence-electron chi connectivity index (χ2n) is 6.03. The standard InChI is InChI=1S/C17H24N2O2/c1-21-15-10-9-13-6-5-11-19(16(13)12-15)17(20)18-14-7-3-2-4-8-14/h9-10,12,14H,2-8,11H2,1H3,(H,18,20). The zero-order chi connectivity index (χ0) is 14.7. The number of rotatable bonds is 2. The molecule has 0 unspecified atom stereocenters. The summed E-state index contributed by atoms with van der Waals surface area (Å²) < 4.78 is 5.30. The van der Waals surface area contributed by atoms with Gasteiger partial charge in [-0.25, -0.2) is 4.79 Å². The summed E-state index contributed by atoms with van der Waals surface area (Å²) in [5.41, 5.74) is 2.25. The van der Waals surface area contributed by atoms with E-state index in [4.69, 9.17) is 4.74 Å². The van der Waals surface area contributed by atoms with E-state index in [2.05, 4.69) is 11.4 Å². The third-order valence-electron chi connectivity index (χ3n) is 4.59. The normalized spacial score (nSPS) is 19.0. The van der Waals surface area contributed by atoms with Crippen LogP contribution in [0.15, 0.2) is 18.2 Å². The second kappa shape index (κ2) is 6.37. The van der Waals surface area contributed by atoms with Gasteiger partial charge in [0, 0.05) is 18.7 Å². The molecule has 0 aromatic heterocycles. The molecule has 1 aliphatic carbocycles. The minimum atomic E-state index is 0.0519. The van der Waals surface area contributed by atoms with Gasteiger partial charge >= 0.3 is 6.03 Å². The Morgan fingerprint density at radius 2 is 2.05 bits per heavy atom. The van der Waals surface area contributed by atoms with Gasteiger partial charge < -0.3 is 10.1 Å². The molecule has 0 atom stereocenters. The highest BCUT2D eigenvalue weighted by Crippen LogP contribution is 2.31. The quantitative estimate of drug-likeness (QED) is 0.905. The van der Waals surface area contributed by atoms with Gasteiger partial charge in [0.25, 0.3) is 0 Å². The molecule has 1 fully saturated rings. The Morgan fingerprint density at radius 1 is 1.24 bits per heavy atom. The smallest absolute Gasteiger partial charge is 0.322 e. The number of anilines is 1. The molecule has 1 N–H and O–H groups in total. The summed E-state index contributed by atoms with van der Waals surface area (Å²) in [4.78, 5) is 14.5. The molecular formula is C17H24N2O2. The van der Waals surface area contributed by atoms with Gasteiger partial charge in [-0.05, 0) is 37.3 Å². The Labute approximate surface area is 126 Å². The minimum absolute atomic E-state index is 0.0519. The molecule has 0 radical (unpaired) electrons. The zero-order valence-electron chi connectivity index (χ0n) is 12.7. The van der Waals surface area contributed by atoms with E-state index in [9.17, 15) is 4.79 Å². The van der Waals surface area contributed by atoms with E-state index < -0.39 is 0 Å². The molecule has 1 aliphatic heterocycles. The molecule has 1 saturated carbocycles. The number of hydrogen-bond donors (Lipinski definition) is 1. The molecule has 1 heterocycles. The maximum Gasteiger partial charge on any atom is 0.322 e. The molecular weight excluding hydrogens is 264 g/mol. The highest BCUT2D eigenvalue weighted by molar-refractivity contribution is 5.93.